The van der Waals surface area contributed by atoms with Crippen LogP contribution in [-0.4, -0.2) is 75.7 Å². The van der Waals surface area contributed by atoms with Crippen LogP contribution in [0.25, 0.3) is 0 Å². The number of benzene rings is 2. The molecule has 0 aliphatic carbocycles. The number of carbonyl (C=O) groups is 2. The molecule has 0 unspecified atom stereocenters. The van der Waals surface area contributed by atoms with Crippen LogP contribution in [-0.2, 0) is 21.2 Å². The fraction of sp³-hybridized carbons (Fsp3) is 0.481. The van der Waals surface area contributed by atoms with Gasteiger partial charge in [0.15, 0.2) is 0 Å². The van der Waals surface area contributed by atoms with Gasteiger partial charge in [-0.3, -0.25) is 9.52 Å². The molecule has 0 bridgehead atoms. The number of aliphatic carboxylic acids is 1. The van der Waals surface area contributed by atoms with Gasteiger partial charge in [0.2, 0.25) is 0 Å². The molecule has 4 rings (SSSR count). The Bertz CT molecular complexity index is 1260. The summed E-state index contributed by atoms with van der Waals surface area (Å²) in [6.07, 6.45) is 0.0818. The van der Waals surface area contributed by atoms with E-state index in [0.717, 1.165) is 82.6 Å². The Morgan fingerprint density at radius 1 is 0.950 bits per heavy atom. The molecule has 220 valence electrons. The van der Waals surface area contributed by atoms with Gasteiger partial charge in [0.05, 0.1) is 16.3 Å². The minimum absolute atomic E-state index is 0.0310. The fourth-order valence-electron chi connectivity index (χ4n) is 4.50. The number of amides is 1. The van der Waals surface area contributed by atoms with Crippen LogP contribution in [0.15, 0.2) is 47.4 Å². The number of hydrogen-bond acceptors (Lipinski definition) is 6. The summed E-state index contributed by atoms with van der Waals surface area (Å²) in [5.41, 5.74) is 2.87. The first-order valence-electron chi connectivity index (χ1n) is 13.2. The number of sulfonamides is 1. The molecule has 1 amide bonds. The lowest BCUT2D eigenvalue weighted by atomic mass is 10.1. The number of halogens is 3. The highest BCUT2D eigenvalue weighted by Gasteiger charge is 2.38. The Morgan fingerprint density at radius 2 is 1.52 bits per heavy atom. The molecular formula is C27H35F3N4O5S. The largest absolute Gasteiger partial charge is 0.490 e. The van der Waals surface area contributed by atoms with Crippen molar-refractivity contribution in [1.82, 2.24) is 10.2 Å². The lowest BCUT2D eigenvalue weighted by Gasteiger charge is -2.31. The topological polar surface area (TPSA) is 119 Å². The summed E-state index contributed by atoms with van der Waals surface area (Å²) in [5, 5.41) is 10.5. The van der Waals surface area contributed by atoms with Gasteiger partial charge in [0, 0.05) is 44.8 Å². The molecule has 2 saturated heterocycles. The summed E-state index contributed by atoms with van der Waals surface area (Å²) in [6.45, 7) is 6.76. The van der Waals surface area contributed by atoms with Gasteiger partial charge in [-0.05, 0) is 55.2 Å². The second kappa shape index (κ2) is 13.8. The number of carbonyl (C=O) groups excluding carboxylic acids is 1. The van der Waals surface area contributed by atoms with Crippen molar-refractivity contribution in [2.75, 3.05) is 48.9 Å². The normalized spacial score (nSPS) is 16.4. The summed E-state index contributed by atoms with van der Waals surface area (Å²) in [6, 6.07) is 12.4. The van der Waals surface area contributed by atoms with Crippen LogP contribution in [0.4, 0.5) is 24.5 Å². The molecule has 0 saturated carbocycles. The molecule has 2 aliphatic rings. The first-order chi connectivity index (χ1) is 18.9. The number of rotatable bonds is 6. The van der Waals surface area contributed by atoms with Crippen LogP contribution in [0.2, 0.25) is 0 Å². The fourth-order valence-corrected chi connectivity index (χ4v) is 5.56. The smallest absolute Gasteiger partial charge is 0.475 e. The van der Waals surface area contributed by atoms with Crippen LogP contribution < -0.4 is 14.9 Å². The Hall–Kier alpha value is -3.32. The number of aryl methyl sites for hydroxylation is 1. The van der Waals surface area contributed by atoms with E-state index in [4.69, 9.17) is 9.90 Å². The third kappa shape index (κ3) is 8.59. The highest BCUT2D eigenvalue weighted by atomic mass is 32.2. The standard InChI is InChI=1S/C25H34N4O3S.C2HF3O2/c1-2-20-7-10-22(11-8-20)33(31,32)27-23-19-21(25(30)29-15-5-3-4-6-16-29)9-12-24(23)28-17-13-26-14-18-28;3-2(4,5)1(6)7/h7-12,19,26-27H,2-6,13-18H2,1H3;(H,6,7). The molecule has 2 aromatic rings. The van der Waals surface area contributed by atoms with Gasteiger partial charge >= 0.3 is 12.1 Å². The van der Waals surface area contributed by atoms with E-state index >= 15 is 0 Å². The van der Waals surface area contributed by atoms with Crippen LogP contribution in [0, 0.1) is 0 Å². The van der Waals surface area contributed by atoms with E-state index in [9.17, 15) is 26.4 Å². The Balaban J connectivity index is 0.000000559. The minimum Gasteiger partial charge on any atom is -0.475 e. The third-order valence-electron chi connectivity index (χ3n) is 6.72. The van der Waals surface area contributed by atoms with Crippen molar-refractivity contribution in [3.05, 3.63) is 53.6 Å². The molecule has 2 aromatic carbocycles. The zero-order chi connectivity index (χ0) is 29.3. The van der Waals surface area contributed by atoms with Crippen LogP contribution in [0.3, 0.4) is 0 Å². The van der Waals surface area contributed by atoms with Crippen molar-refractivity contribution in [2.24, 2.45) is 0 Å². The van der Waals surface area contributed by atoms with Crippen molar-refractivity contribution in [1.29, 1.82) is 0 Å². The molecule has 0 spiro atoms. The van der Waals surface area contributed by atoms with Gasteiger partial charge in [-0.2, -0.15) is 13.2 Å². The van der Waals surface area contributed by atoms with Crippen molar-refractivity contribution in [2.45, 2.75) is 50.1 Å². The number of nitrogens with one attached hydrogen (secondary N) is 2. The van der Waals surface area contributed by atoms with Crippen LogP contribution in [0.1, 0.15) is 48.5 Å². The zero-order valence-corrected chi connectivity index (χ0v) is 23.2. The molecule has 9 nitrogen and oxygen atoms in total. The molecule has 3 N–H and O–H groups in total. The van der Waals surface area contributed by atoms with E-state index in [2.05, 4.69) is 14.9 Å². The van der Waals surface area contributed by atoms with Gasteiger partial charge in [0.1, 0.15) is 0 Å². The predicted molar refractivity (Wildman–Crippen MR) is 146 cm³/mol. The van der Waals surface area contributed by atoms with E-state index in [-0.39, 0.29) is 10.8 Å². The molecule has 2 heterocycles. The summed E-state index contributed by atoms with van der Waals surface area (Å²) < 4.78 is 61.0. The van der Waals surface area contributed by atoms with Gasteiger partial charge < -0.3 is 20.2 Å². The average Bonchev–Trinajstić information content (AvgIpc) is 3.22. The summed E-state index contributed by atoms with van der Waals surface area (Å²) in [4.78, 5) is 26.4. The quantitative estimate of drug-likeness (QED) is 0.468. The molecule has 13 heteroatoms. The van der Waals surface area contributed by atoms with E-state index < -0.39 is 22.2 Å². The highest BCUT2D eigenvalue weighted by molar-refractivity contribution is 7.92. The molecule has 0 aromatic heterocycles. The molecular weight excluding hydrogens is 549 g/mol. The number of carboxylic acids is 1. The first kappa shape index (κ1) is 31.2. The van der Waals surface area contributed by atoms with Gasteiger partial charge in [-0.15, -0.1) is 0 Å². The Labute approximate surface area is 232 Å². The molecule has 0 radical (unpaired) electrons. The number of carboxylic acid groups (broad SMARTS) is 1. The average molecular weight is 585 g/mol. The maximum Gasteiger partial charge on any atom is 0.490 e. The van der Waals surface area contributed by atoms with Crippen LogP contribution >= 0.6 is 0 Å². The first-order valence-corrected chi connectivity index (χ1v) is 14.7. The maximum atomic E-state index is 13.2. The van der Waals surface area contributed by atoms with E-state index in [1.807, 2.05) is 36.1 Å². The number of anilines is 2. The number of likely N-dealkylation sites (tertiary alicyclic amines) is 1. The monoisotopic (exact) mass is 584 g/mol. The molecule has 2 aliphatic heterocycles. The lowest BCUT2D eigenvalue weighted by Crippen LogP contribution is -2.43. The predicted octanol–water partition coefficient (Wildman–Crippen LogP) is 4.11. The third-order valence-corrected chi connectivity index (χ3v) is 8.10. The van der Waals surface area contributed by atoms with E-state index in [1.165, 1.54) is 0 Å². The number of alkyl halides is 3. The minimum atomic E-state index is -5.08. The number of nitrogens with zero attached hydrogens (tertiary/aromatic N) is 2. The van der Waals surface area contributed by atoms with Gasteiger partial charge in [-0.1, -0.05) is 31.9 Å². The van der Waals surface area contributed by atoms with Crippen molar-refractivity contribution in [3.63, 3.8) is 0 Å². The van der Waals surface area contributed by atoms with E-state index in [1.54, 1.807) is 18.2 Å². The summed E-state index contributed by atoms with van der Waals surface area (Å²) in [7, 11) is -3.79. The summed E-state index contributed by atoms with van der Waals surface area (Å²) >= 11 is 0. The number of piperazine rings is 1. The molecule has 2 fully saturated rings. The molecule has 40 heavy (non-hydrogen) atoms. The maximum absolute atomic E-state index is 13.2. The van der Waals surface area contributed by atoms with Crippen molar-refractivity contribution >= 4 is 33.3 Å². The van der Waals surface area contributed by atoms with Crippen LogP contribution in [0.5, 0.6) is 0 Å². The molecule has 0 atom stereocenters. The second-order valence-corrected chi connectivity index (χ2v) is 11.3. The second-order valence-electron chi connectivity index (χ2n) is 9.58. The zero-order valence-electron chi connectivity index (χ0n) is 22.3. The van der Waals surface area contributed by atoms with Crippen molar-refractivity contribution in [3.8, 4) is 0 Å². The SMILES string of the molecule is CCc1ccc(S(=O)(=O)Nc2cc(C(=O)N3CCCCCC3)ccc2N2CCNCC2)cc1.O=C(O)C(F)(F)F. The van der Waals surface area contributed by atoms with Gasteiger partial charge in [0.25, 0.3) is 15.9 Å². The Morgan fingerprint density at radius 3 is 2.05 bits per heavy atom. The van der Waals surface area contributed by atoms with Crippen molar-refractivity contribution < 1.29 is 36.3 Å². The number of hydrogen-bond donors (Lipinski definition) is 3. The highest BCUT2D eigenvalue weighted by Crippen LogP contribution is 2.31. The Kier molecular flexibility index (Phi) is 10.8. The summed E-state index contributed by atoms with van der Waals surface area (Å²) in [5.74, 6) is -2.79. The van der Waals surface area contributed by atoms with Gasteiger partial charge in [-0.25, -0.2) is 13.2 Å². The lowest BCUT2D eigenvalue weighted by molar-refractivity contribution is -0.192. The van der Waals surface area contributed by atoms with E-state index in [0.29, 0.717) is 11.3 Å².